The summed E-state index contributed by atoms with van der Waals surface area (Å²) in [6.07, 6.45) is -1.36. The van der Waals surface area contributed by atoms with E-state index in [1.165, 1.54) is 12.1 Å². The van der Waals surface area contributed by atoms with Crippen molar-refractivity contribution in [3.8, 4) is 11.3 Å². The minimum absolute atomic E-state index is 0.0683. The van der Waals surface area contributed by atoms with Gasteiger partial charge in [-0.05, 0) is 73.5 Å². The van der Waals surface area contributed by atoms with E-state index >= 15 is 0 Å². The van der Waals surface area contributed by atoms with Crippen LogP contribution in [0.1, 0.15) is 34.6 Å². The van der Waals surface area contributed by atoms with E-state index in [1.54, 1.807) is 12.1 Å². The van der Waals surface area contributed by atoms with E-state index in [2.05, 4.69) is 31.9 Å². The molecule has 1 aromatic heterocycles. The summed E-state index contributed by atoms with van der Waals surface area (Å²) in [5.41, 5.74) is 3.64. The minimum atomic E-state index is -4.82. The highest BCUT2D eigenvalue weighted by Crippen LogP contribution is 2.42. The van der Waals surface area contributed by atoms with E-state index in [1.807, 2.05) is 30.5 Å². The van der Waals surface area contributed by atoms with Gasteiger partial charge in [-0.15, -0.1) is 0 Å². The van der Waals surface area contributed by atoms with Gasteiger partial charge in [0.15, 0.2) is 0 Å². The molecule has 2 aliphatic rings. The number of nitrogens with zero attached hydrogens (tertiary/aromatic N) is 4. The third-order valence-electron chi connectivity index (χ3n) is 8.52. The Labute approximate surface area is 265 Å². The molecule has 3 aromatic carbocycles. The molecule has 6 rings (SSSR count). The monoisotopic (exact) mass is 654 g/mol. The lowest BCUT2D eigenvalue weighted by atomic mass is 9.78. The lowest BCUT2D eigenvalue weighted by molar-refractivity contribution is -0.137. The highest BCUT2D eigenvalue weighted by atomic mass is 32.2. The first kappa shape index (κ1) is 31.9. The molecule has 1 aliphatic carbocycles. The van der Waals surface area contributed by atoms with Crippen molar-refractivity contribution in [2.24, 2.45) is 0 Å². The van der Waals surface area contributed by atoms with E-state index < -0.39 is 32.5 Å². The van der Waals surface area contributed by atoms with E-state index in [4.69, 9.17) is 4.98 Å². The minimum Gasteiger partial charge on any atom is -0.354 e. The zero-order valence-electron chi connectivity index (χ0n) is 25.2. The highest BCUT2D eigenvalue weighted by Gasteiger charge is 2.33. The second-order valence-corrected chi connectivity index (χ2v) is 13.4. The molecule has 2 heterocycles. The van der Waals surface area contributed by atoms with Crippen molar-refractivity contribution in [2.75, 3.05) is 56.4 Å². The second kappa shape index (κ2) is 13.0. The molecule has 2 N–H and O–H groups in total. The number of rotatable bonds is 9. The number of hydrogen-bond donors (Lipinski definition) is 2. The van der Waals surface area contributed by atoms with E-state index in [0.717, 1.165) is 73.6 Å². The van der Waals surface area contributed by atoms with Gasteiger partial charge in [0, 0.05) is 56.1 Å². The number of benzene rings is 3. The van der Waals surface area contributed by atoms with Crippen molar-refractivity contribution in [1.29, 1.82) is 0 Å². The summed E-state index contributed by atoms with van der Waals surface area (Å²) in [5.74, 6) is -0.763. The van der Waals surface area contributed by atoms with Gasteiger partial charge >= 0.3 is 6.18 Å². The quantitative estimate of drug-likeness (QED) is 0.173. The van der Waals surface area contributed by atoms with Crippen LogP contribution < -0.4 is 10.0 Å². The Morgan fingerprint density at radius 1 is 0.978 bits per heavy atom. The Balaban J connectivity index is 1.15. The largest absolute Gasteiger partial charge is 0.416 e. The molecule has 1 saturated heterocycles. The van der Waals surface area contributed by atoms with E-state index in [0.29, 0.717) is 30.6 Å². The maximum absolute atomic E-state index is 14.3. The maximum Gasteiger partial charge on any atom is 0.416 e. The number of likely N-dealkylation sites (N-methyl/N-ethyl adjacent to an activating group) is 1. The van der Waals surface area contributed by atoms with Gasteiger partial charge in [0.05, 0.1) is 11.3 Å². The average Bonchev–Trinajstić information content (AvgIpc) is 3.03. The first-order valence-corrected chi connectivity index (χ1v) is 16.6. The van der Waals surface area contributed by atoms with Crippen molar-refractivity contribution < 1.29 is 26.0 Å². The van der Waals surface area contributed by atoms with Crippen LogP contribution in [0.25, 0.3) is 11.3 Å². The topological polar surface area (TPSA) is 90.5 Å². The SMILES string of the molecule is CN1CCN(CCCNc2ncc3c(n2)-c2ccccc2C(c2ccc(NS(=O)(=O)c4cc(C(F)(F)F)ccc4F)cc2)C3)CC1. The molecule has 1 unspecified atom stereocenters. The lowest BCUT2D eigenvalue weighted by Gasteiger charge is -2.32. The fourth-order valence-corrected chi connectivity index (χ4v) is 7.14. The number of alkyl halides is 3. The molecule has 1 aliphatic heterocycles. The first-order valence-electron chi connectivity index (χ1n) is 15.1. The molecule has 13 heteroatoms. The van der Waals surface area contributed by atoms with Gasteiger partial charge in [0.1, 0.15) is 10.7 Å². The average molecular weight is 655 g/mol. The number of fused-ring (bicyclic) bond motifs is 3. The standard InChI is InChI=1S/C33H34F4N6O2S/c1-42-15-17-43(18-16-42)14-4-13-38-32-39-21-23-19-28(26-5-2-3-6-27(26)31(23)40-32)22-7-10-25(11-8-22)41-46(44,45)30-20-24(33(35,36)37)9-12-29(30)34/h2-3,5-12,20-21,28,41H,4,13-19H2,1H3,(H,38,39,40). The predicted octanol–water partition coefficient (Wildman–Crippen LogP) is 5.84. The smallest absolute Gasteiger partial charge is 0.354 e. The number of nitrogens with one attached hydrogen (secondary N) is 2. The van der Waals surface area contributed by atoms with Gasteiger partial charge in [-0.2, -0.15) is 13.2 Å². The van der Waals surface area contributed by atoms with Crippen LogP contribution in [0.3, 0.4) is 0 Å². The van der Waals surface area contributed by atoms with Gasteiger partial charge in [0.25, 0.3) is 10.0 Å². The molecule has 0 amide bonds. The Bertz CT molecular complexity index is 1810. The zero-order chi connectivity index (χ0) is 32.5. The first-order chi connectivity index (χ1) is 22.0. The van der Waals surface area contributed by atoms with Crippen molar-refractivity contribution in [3.05, 3.63) is 101 Å². The number of anilines is 2. The van der Waals surface area contributed by atoms with Gasteiger partial charge in [0.2, 0.25) is 5.95 Å². The molecule has 8 nitrogen and oxygen atoms in total. The maximum atomic E-state index is 14.3. The van der Waals surface area contributed by atoms with Gasteiger partial charge in [-0.25, -0.2) is 22.8 Å². The Morgan fingerprint density at radius 2 is 1.72 bits per heavy atom. The Morgan fingerprint density at radius 3 is 2.46 bits per heavy atom. The predicted molar refractivity (Wildman–Crippen MR) is 169 cm³/mol. The van der Waals surface area contributed by atoms with Crippen LogP contribution >= 0.6 is 0 Å². The Kier molecular flexibility index (Phi) is 8.99. The summed E-state index contributed by atoms with van der Waals surface area (Å²) in [6.45, 7) is 6.15. The zero-order valence-corrected chi connectivity index (χ0v) is 26.0. The molecule has 0 saturated carbocycles. The van der Waals surface area contributed by atoms with Crippen LogP contribution in [-0.2, 0) is 22.6 Å². The molecule has 0 bridgehead atoms. The third-order valence-corrected chi connectivity index (χ3v) is 9.92. The van der Waals surface area contributed by atoms with Crippen LogP contribution in [-0.4, -0.2) is 74.5 Å². The van der Waals surface area contributed by atoms with Crippen molar-refractivity contribution in [2.45, 2.75) is 29.8 Å². The summed E-state index contributed by atoms with van der Waals surface area (Å²) in [7, 11) is -2.48. The summed E-state index contributed by atoms with van der Waals surface area (Å²) < 4.78 is 81.6. The summed E-state index contributed by atoms with van der Waals surface area (Å²) in [6, 6.07) is 15.8. The molecular weight excluding hydrogens is 620 g/mol. The number of hydrogen-bond acceptors (Lipinski definition) is 7. The molecule has 242 valence electrons. The molecular formula is C33H34F4N6O2S. The van der Waals surface area contributed by atoms with Crippen molar-refractivity contribution in [1.82, 2.24) is 19.8 Å². The van der Waals surface area contributed by atoms with Crippen LogP contribution in [0.2, 0.25) is 0 Å². The number of sulfonamides is 1. The highest BCUT2D eigenvalue weighted by molar-refractivity contribution is 7.92. The second-order valence-electron chi connectivity index (χ2n) is 11.7. The summed E-state index contributed by atoms with van der Waals surface area (Å²) >= 11 is 0. The van der Waals surface area contributed by atoms with Crippen LogP contribution in [0.4, 0.5) is 29.2 Å². The van der Waals surface area contributed by atoms with Gasteiger partial charge in [-0.1, -0.05) is 36.4 Å². The molecule has 0 spiro atoms. The molecule has 0 radical (unpaired) electrons. The normalized spacial score (nSPS) is 17.3. The van der Waals surface area contributed by atoms with E-state index in [-0.39, 0.29) is 11.6 Å². The molecule has 4 aromatic rings. The van der Waals surface area contributed by atoms with Crippen molar-refractivity contribution >= 4 is 21.7 Å². The fourth-order valence-electron chi connectivity index (χ4n) is 5.97. The molecule has 46 heavy (non-hydrogen) atoms. The van der Waals surface area contributed by atoms with Crippen LogP contribution in [0, 0.1) is 5.82 Å². The van der Waals surface area contributed by atoms with Crippen LogP contribution in [0.5, 0.6) is 0 Å². The summed E-state index contributed by atoms with van der Waals surface area (Å²) in [4.78, 5) is 13.2. The fraction of sp³-hybridized carbons (Fsp3) is 0.333. The van der Waals surface area contributed by atoms with Crippen LogP contribution in [0.15, 0.2) is 77.8 Å². The summed E-state index contributed by atoms with van der Waals surface area (Å²) in [5, 5.41) is 3.37. The lowest BCUT2D eigenvalue weighted by Crippen LogP contribution is -2.44. The molecule has 1 atom stereocenters. The third kappa shape index (κ3) is 7.01. The number of halogens is 4. The Hall–Kier alpha value is -4.07. The molecule has 1 fully saturated rings. The number of aromatic nitrogens is 2. The van der Waals surface area contributed by atoms with Gasteiger partial charge in [-0.3, -0.25) is 4.72 Å². The number of piperazine rings is 1. The van der Waals surface area contributed by atoms with Crippen molar-refractivity contribution in [3.63, 3.8) is 0 Å². The van der Waals surface area contributed by atoms with E-state index in [9.17, 15) is 26.0 Å². The van der Waals surface area contributed by atoms with Gasteiger partial charge < -0.3 is 15.1 Å².